The van der Waals surface area contributed by atoms with Crippen molar-refractivity contribution in [2.24, 2.45) is 5.73 Å². The summed E-state index contributed by atoms with van der Waals surface area (Å²) in [5.41, 5.74) is 6.65. The van der Waals surface area contributed by atoms with Crippen molar-refractivity contribution < 1.29 is 17.9 Å². The van der Waals surface area contributed by atoms with Crippen molar-refractivity contribution in [3.8, 4) is 5.75 Å². The third kappa shape index (κ3) is 4.64. The van der Waals surface area contributed by atoms with E-state index in [1.807, 2.05) is 0 Å². The topological polar surface area (TPSA) is 78.6 Å². The molecular weight excluding hydrogens is 254 g/mol. The largest absolute Gasteiger partial charge is 0.497 e. The fraction of sp³-hybridized carbons (Fsp3) is 0.500. The lowest BCUT2D eigenvalue weighted by atomic mass is 10.1. The van der Waals surface area contributed by atoms with Gasteiger partial charge < -0.3 is 15.2 Å². The lowest BCUT2D eigenvalue weighted by Crippen LogP contribution is -2.25. The van der Waals surface area contributed by atoms with Gasteiger partial charge in [0.05, 0.1) is 25.2 Å². The predicted molar refractivity (Wildman–Crippen MR) is 70.5 cm³/mol. The molecular formula is C12H19NO4S. The van der Waals surface area contributed by atoms with E-state index in [9.17, 15) is 8.42 Å². The first-order valence-electron chi connectivity index (χ1n) is 5.57. The van der Waals surface area contributed by atoms with Gasteiger partial charge in [0.15, 0.2) is 9.84 Å². The monoisotopic (exact) mass is 273 g/mol. The average molecular weight is 273 g/mol. The molecule has 0 aromatic heterocycles. The molecule has 1 aromatic rings. The molecule has 0 heterocycles. The molecule has 2 N–H and O–H groups in total. The van der Waals surface area contributed by atoms with E-state index in [0.29, 0.717) is 5.75 Å². The van der Waals surface area contributed by atoms with Crippen LogP contribution < -0.4 is 10.5 Å². The minimum atomic E-state index is -3.20. The van der Waals surface area contributed by atoms with Crippen molar-refractivity contribution in [3.05, 3.63) is 29.8 Å². The van der Waals surface area contributed by atoms with Gasteiger partial charge in [0, 0.05) is 13.2 Å². The van der Waals surface area contributed by atoms with Gasteiger partial charge in [-0.25, -0.2) is 8.42 Å². The van der Waals surface area contributed by atoms with Gasteiger partial charge in [-0.05, 0) is 17.7 Å². The lowest BCUT2D eigenvalue weighted by Gasteiger charge is -2.13. The van der Waals surface area contributed by atoms with Crippen molar-refractivity contribution in [2.75, 3.05) is 32.3 Å². The minimum Gasteiger partial charge on any atom is -0.497 e. The van der Waals surface area contributed by atoms with Crippen LogP contribution in [0.4, 0.5) is 0 Å². The van der Waals surface area contributed by atoms with Crippen LogP contribution in [0.1, 0.15) is 11.6 Å². The maximum Gasteiger partial charge on any atom is 0.154 e. The maximum absolute atomic E-state index is 11.7. The van der Waals surface area contributed by atoms with E-state index in [2.05, 4.69) is 0 Å². The number of hydrogen-bond acceptors (Lipinski definition) is 5. The van der Waals surface area contributed by atoms with Crippen LogP contribution in [0.3, 0.4) is 0 Å². The van der Waals surface area contributed by atoms with Crippen LogP contribution in [-0.4, -0.2) is 40.7 Å². The van der Waals surface area contributed by atoms with Crippen LogP contribution in [0.15, 0.2) is 24.3 Å². The van der Waals surface area contributed by atoms with Crippen molar-refractivity contribution >= 4 is 9.84 Å². The van der Waals surface area contributed by atoms with Gasteiger partial charge in [0.2, 0.25) is 0 Å². The molecule has 0 aliphatic carbocycles. The molecule has 6 heteroatoms. The molecule has 18 heavy (non-hydrogen) atoms. The highest BCUT2D eigenvalue weighted by atomic mass is 32.2. The second kappa shape index (κ2) is 6.72. The van der Waals surface area contributed by atoms with Crippen molar-refractivity contribution in [2.45, 2.75) is 6.04 Å². The lowest BCUT2D eigenvalue weighted by molar-refractivity contribution is 0.217. The summed E-state index contributed by atoms with van der Waals surface area (Å²) in [7, 11) is -0.176. The third-order valence-corrected chi connectivity index (χ3v) is 4.21. The van der Waals surface area contributed by atoms with Gasteiger partial charge in [-0.15, -0.1) is 0 Å². The Morgan fingerprint density at radius 2 is 2.06 bits per heavy atom. The van der Waals surface area contributed by atoms with E-state index >= 15 is 0 Å². The Morgan fingerprint density at radius 3 is 2.67 bits per heavy atom. The molecule has 0 spiro atoms. The standard InChI is InChI=1S/C12H19NO4S/c1-16-6-7-18(14,15)9-12(13)10-4-3-5-11(8-10)17-2/h3-5,8,12H,6-7,9,13H2,1-2H3. The van der Waals surface area contributed by atoms with Gasteiger partial charge in [-0.1, -0.05) is 12.1 Å². The zero-order chi connectivity index (χ0) is 13.6. The minimum absolute atomic E-state index is 0.0127. The Kier molecular flexibility index (Phi) is 5.58. The van der Waals surface area contributed by atoms with E-state index in [-0.39, 0.29) is 18.1 Å². The molecule has 0 saturated carbocycles. The number of ether oxygens (including phenoxy) is 2. The second-order valence-corrected chi connectivity index (χ2v) is 6.22. The summed E-state index contributed by atoms with van der Waals surface area (Å²) in [6, 6.07) is 6.56. The zero-order valence-electron chi connectivity index (χ0n) is 10.6. The first kappa shape index (κ1) is 14.9. The SMILES string of the molecule is COCCS(=O)(=O)CC(N)c1cccc(OC)c1. The van der Waals surface area contributed by atoms with E-state index in [1.165, 1.54) is 7.11 Å². The highest BCUT2D eigenvalue weighted by Gasteiger charge is 2.17. The molecule has 1 aromatic carbocycles. The van der Waals surface area contributed by atoms with Crippen molar-refractivity contribution in [3.63, 3.8) is 0 Å². The Labute approximate surface area is 108 Å². The van der Waals surface area contributed by atoms with Crippen LogP contribution in [0.2, 0.25) is 0 Å². The smallest absolute Gasteiger partial charge is 0.154 e. The highest BCUT2D eigenvalue weighted by molar-refractivity contribution is 7.91. The van der Waals surface area contributed by atoms with Gasteiger partial charge in [0.1, 0.15) is 5.75 Å². The number of methoxy groups -OCH3 is 2. The summed E-state index contributed by atoms with van der Waals surface area (Å²) in [5.74, 6) is 0.558. The van der Waals surface area contributed by atoms with Gasteiger partial charge in [0.25, 0.3) is 0 Å². The molecule has 5 nitrogen and oxygen atoms in total. The number of benzene rings is 1. The summed E-state index contributed by atoms with van der Waals surface area (Å²) >= 11 is 0. The zero-order valence-corrected chi connectivity index (χ0v) is 11.4. The van der Waals surface area contributed by atoms with Gasteiger partial charge in [-0.2, -0.15) is 0 Å². The summed E-state index contributed by atoms with van der Waals surface area (Å²) in [6.45, 7) is 0.188. The van der Waals surface area contributed by atoms with Crippen LogP contribution in [0.5, 0.6) is 5.75 Å². The van der Waals surface area contributed by atoms with E-state index < -0.39 is 15.9 Å². The number of nitrogens with two attached hydrogens (primary N) is 1. The second-order valence-electron chi connectivity index (χ2n) is 3.99. The number of sulfone groups is 1. The molecule has 0 amide bonds. The molecule has 0 bridgehead atoms. The Balaban J connectivity index is 2.72. The predicted octanol–water partition coefficient (Wildman–Crippen LogP) is 0.756. The number of hydrogen-bond donors (Lipinski definition) is 1. The highest BCUT2D eigenvalue weighted by Crippen LogP contribution is 2.18. The molecule has 1 atom stereocenters. The van der Waals surface area contributed by atoms with Gasteiger partial charge in [-0.3, -0.25) is 0 Å². The molecule has 1 unspecified atom stereocenters. The van der Waals surface area contributed by atoms with Crippen LogP contribution in [0.25, 0.3) is 0 Å². The van der Waals surface area contributed by atoms with E-state index in [1.54, 1.807) is 31.4 Å². The normalized spacial score (nSPS) is 13.3. The maximum atomic E-state index is 11.7. The summed E-state index contributed by atoms with van der Waals surface area (Å²) in [5, 5.41) is 0. The number of rotatable bonds is 7. The Hall–Kier alpha value is -1.11. The Morgan fingerprint density at radius 1 is 1.33 bits per heavy atom. The van der Waals surface area contributed by atoms with Crippen LogP contribution >= 0.6 is 0 Å². The Bertz CT molecular complexity index is 473. The molecule has 0 radical (unpaired) electrons. The summed E-state index contributed by atoms with van der Waals surface area (Å²) < 4.78 is 33.3. The third-order valence-electron chi connectivity index (χ3n) is 2.55. The fourth-order valence-electron chi connectivity index (χ4n) is 1.54. The van der Waals surface area contributed by atoms with E-state index in [4.69, 9.17) is 15.2 Å². The summed E-state index contributed by atoms with van der Waals surface area (Å²) in [6.07, 6.45) is 0. The van der Waals surface area contributed by atoms with Crippen LogP contribution in [0, 0.1) is 0 Å². The van der Waals surface area contributed by atoms with E-state index in [0.717, 1.165) is 5.56 Å². The molecule has 0 aliphatic rings. The van der Waals surface area contributed by atoms with Crippen LogP contribution in [-0.2, 0) is 14.6 Å². The van der Waals surface area contributed by atoms with Gasteiger partial charge >= 0.3 is 0 Å². The summed E-state index contributed by atoms with van der Waals surface area (Å²) in [4.78, 5) is 0. The molecule has 0 fully saturated rings. The molecule has 102 valence electrons. The quantitative estimate of drug-likeness (QED) is 0.793. The molecule has 0 saturated heterocycles. The first-order valence-corrected chi connectivity index (χ1v) is 7.39. The molecule has 1 rings (SSSR count). The molecule has 0 aliphatic heterocycles. The first-order chi connectivity index (χ1) is 8.48. The average Bonchev–Trinajstić information content (AvgIpc) is 2.36. The van der Waals surface area contributed by atoms with Crippen molar-refractivity contribution in [1.82, 2.24) is 0 Å². The fourth-order valence-corrected chi connectivity index (χ4v) is 2.86. The van der Waals surface area contributed by atoms with Crippen molar-refractivity contribution in [1.29, 1.82) is 0 Å².